The highest BCUT2D eigenvalue weighted by molar-refractivity contribution is 6.09. The van der Waals surface area contributed by atoms with Gasteiger partial charge in [-0.3, -0.25) is 4.79 Å². The third-order valence-corrected chi connectivity index (χ3v) is 7.22. The molecule has 5 rings (SSSR count). The Kier molecular flexibility index (Phi) is 5.37. The van der Waals surface area contributed by atoms with E-state index >= 15 is 0 Å². The van der Waals surface area contributed by atoms with E-state index < -0.39 is 11.6 Å². The topological polar surface area (TPSA) is 91.0 Å². The molecule has 1 atom stereocenters. The Balaban J connectivity index is 1.31. The van der Waals surface area contributed by atoms with Crippen molar-refractivity contribution in [3.63, 3.8) is 0 Å². The fourth-order valence-corrected chi connectivity index (χ4v) is 5.38. The monoisotopic (exact) mass is 446 g/mol. The molecule has 1 aromatic carbocycles. The van der Waals surface area contributed by atoms with Crippen LogP contribution in [-0.2, 0) is 4.79 Å². The predicted octanol–water partition coefficient (Wildman–Crippen LogP) is 4.09. The van der Waals surface area contributed by atoms with E-state index in [1.165, 1.54) is 6.07 Å². The number of aromatic nitrogens is 2. The molecule has 6 nitrogen and oxygen atoms in total. The van der Waals surface area contributed by atoms with E-state index in [9.17, 15) is 14.3 Å². The van der Waals surface area contributed by atoms with Crippen LogP contribution in [0.4, 0.5) is 4.39 Å². The maximum Gasteiger partial charge on any atom is 0.166 e. The van der Waals surface area contributed by atoms with Crippen LogP contribution in [0.15, 0.2) is 66.3 Å². The van der Waals surface area contributed by atoms with Crippen molar-refractivity contribution in [1.29, 1.82) is 5.41 Å². The first kappa shape index (κ1) is 21.5. The van der Waals surface area contributed by atoms with E-state index in [1.807, 2.05) is 22.8 Å². The largest absolute Gasteiger partial charge is 0.393 e. The zero-order valence-corrected chi connectivity index (χ0v) is 18.5. The zero-order chi connectivity index (χ0) is 23.2. The van der Waals surface area contributed by atoms with Crippen LogP contribution in [0.3, 0.4) is 0 Å². The minimum absolute atomic E-state index is 0.0350. The maximum absolute atomic E-state index is 14.7. The first-order valence-electron chi connectivity index (χ1n) is 11.3. The highest BCUT2D eigenvalue weighted by atomic mass is 19.1. The number of nitrogens with zero attached hydrogens (tertiary/aromatic N) is 2. The van der Waals surface area contributed by atoms with Crippen molar-refractivity contribution < 1.29 is 14.3 Å². The van der Waals surface area contributed by atoms with Gasteiger partial charge in [-0.05, 0) is 55.4 Å². The molecule has 170 valence electrons. The first-order valence-corrected chi connectivity index (χ1v) is 11.3. The summed E-state index contributed by atoms with van der Waals surface area (Å²) in [7, 11) is 1.81. The fraction of sp³-hybridized carbons (Fsp3) is 0.346. The standard InChI is InChI=1S/C26H27FN4O2/c1-29-13-18-11-17(5-6-21(18)28)16-7-9-26(33,10-8-16)24(32)12-22-25-19(3-2-4-20(25)27)23-14-30-15-31(22)23/h2-6,11,13-16,22,28-29,33H,7-10,12H2,1H3/b18-13-,28-21?. The van der Waals surface area contributed by atoms with Gasteiger partial charge >= 0.3 is 0 Å². The summed E-state index contributed by atoms with van der Waals surface area (Å²) in [6.07, 6.45) is 13.0. The molecule has 1 saturated carbocycles. The van der Waals surface area contributed by atoms with Crippen LogP contribution in [0.25, 0.3) is 11.3 Å². The SMILES string of the molecule is CN/C=C1/C=C(C2CCC(O)(C(=O)CC3c4c(F)cccc4-c4cncn43)CC2)C=CC1=N. The molecule has 0 amide bonds. The average molecular weight is 447 g/mol. The number of hydrogen-bond acceptors (Lipinski definition) is 5. The fourth-order valence-electron chi connectivity index (χ4n) is 5.38. The van der Waals surface area contributed by atoms with Crippen LogP contribution in [0, 0.1) is 17.1 Å². The molecule has 1 fully saturated rings. The van der Waals surface area contributed by atoms with Gasteiger partial charge in [-0.1, -0.05) is 18.2 Å². The van der Waals surface area contributed by atoms with Crippen molar-refractivity contribution in [2.75, 3.05) is 7.05 Å². The number of fused-ring (bicyclic) bond motifs is 3. The normalized spacial score (nSPS) is 27.3. The Bertz CT molecular complexity index is 1210. The Morgan fingerprint density at radius 3 is 2.91 bits per heavy atom. The summed E-state index contributed by atoms with van der Waals surface area (Å²) in [5.41, 5.74) is 3.06. The number of Topliss-reactive ketones (excluding diaryl/α,β-unsaturated/α-hetero) is 1. The molecule has 7 heteroatoms. The van der Waals surface area contributed by atoms with Crippen LogP contribution in [-0.4, -0.2) is 38.8 Å². The average Bonchev–Trinajstić information content (AvgIpc) is 3.39. The minimum atomic E-state index is -1.40. The van der Waals surface area contributed by atoms with Crippen molar-refractivity contribution >= 4 is 11.5 Å². The van der Waals surface area contributed by atoms with E-state index in [2.05, 4.69) is 10.3 Å². The Morgan fingerprint density at radius 1 is 1.36 bits per heavy atom. The van der Waals surface area contributed by atoms with Crippen LogP contribution >= 0.6 is 0 Å². The van der Waals surface area contributed by atoms with Crippen LogP contribution in [0.2, 0.25) is 0 Å². The number of allylic oxidation sites excluding steroid dienone is 5. The summed E-state index contributed by atoms with van der Waals surface area (Å²) in [5.74, 6) is -0.350. The van der Waals surface area contributed by atoms with E-state index in [4.69, 9.17) is 5.41 Å². The second-order valence-corrected chi connectivity index (χ2v) is 9.12. The lowest BCUT2D eigenvalue weighted by Gasteiger charge is -2.36. The molecule has 1 aromatic heterocycles. The number of hydrogen-bond donors (Lipinski definition) is 3. The number of aliphatic hydroxyl groups is 1. The second kappa shape index (κ2) is 8.23. The highest BCUT2D eigenvalue weighted by Gasteiger charge is 2.43. The van der Waals surface area contributed by atoms with Crippen molar-refractivity contribution in [2.24, 2.45) is 5.92 Å². The number of halogens is 1. The molecule has 0 bridgehead atoms. The number of ketones is 1. The third kappa shape index (κ3) is 3.66. The van der Waals surface area contributed by atoms with Gasteiger partial charge in [0.05, 0.1) is 30.0 Å². The molecular weight excluding hydrogens is 419 g/mol. The Morgan fingerprint density at radius 2 is 2.15 bits per heavy atom. The third-order valence-electron chi connectivity index (χ3n) is 7.22. The van der Waals surface area contributed by atoms with E-state index in [0.717, 1.165) is 22.4 Å². The summed E-state index contributed by atoms with van der Waals surface area (Å²) >= 11 is 0. The summed E-state index contributed by atoms with van der Waals surface area (Å²) in [4.78, 5) is 17.5. The van der Waals surface area contributed by atoms with E-state index in [-0.39, 0.29) is 23.9 Å². The number of carbonyl (C=O) groups excluding carboxylic acids is 1. The van der Waals surface area contributed by atoms with Gasteiger partial charge in [-0.2, -0.15) is 0 Å². The molecular formula is C26H27FN4O2. The smallest absolute Gasteiger partial charge is 0.166 e. The van der Waals surface area contributed by atoms with Gasteiger partial charge in [0, 0.05) is 36.4 Å². The number of rotatable bonds is 5. The van der Waals surface area contributed by atoms with E-state index in [0.29, 0.717) is 37.0 Å². The maximum atomic E-state index is 14.7. The molecule has 3 aliphatic rings. The number of imidazole rings is 1. The minimum Gasteiger partial charge on any atom is -0.393 e. The van der Waals surface area contributed by atoms with Gasteiger partial charge in [-0.15, -0.1) is 0 Å². The molecule has 0 saturated heterocycles. The molecule has 1 aliphatic heterocycles. The lowest BCUT2D eigenvalue weighted by Crippen LogP contribution is -2.43. The Labute approximate surface area is 192 Å². The first-order chi connectivity index (χ1) is 15.9. The molecule has 0 spiro atoms. The quantitative estimate of drug-likeness (QED) is 0.645. The zero-order valence-electron chi connectivity index (χ0n) is 18.5. The van der Waals surface area contributed by atoms with Gasteiger partial charge in [0.2, 0.25) is 0 Å². The van der Waals surface area contributed by atoms with Crippen LogP contribution in [0.1, 0.15) is 43.7 Å². The van der Waals surface area contributed by atoms with Gasteiger partial charge in [-0.25, -0.2) is 9.37 Å². The van der Waals surface area contributed by atoms with Crippen molar-refractivity contribution in [3.05, 3.63) is 77.7 Å². The molecule has 2 aliphatic carbocycles. The predicted molar refractivity (Wildman–Crippen MR) is 124 cm³/mol. The molecule has 2 heterocycles. The number of carbonyl (C=O) groups is 1. The number of nitrogens with one attached hydrogen (secondary N) is 2. The van der Waals surface area contributed by atoms with Gasteiger partial charge < -0.3 is 20.4 Å². The van der Waals surface area contributed by atoms with Crippen molar-refractivity contribution in [2.45, 2.75) is 43.7 Å². The Hall–Kier alpha value is -3.32. The van der Waals surface area contributed by atoms with Crippen molar-refractivity contribution in [3.8, 4) is 11.3 Å². The number of benzene rings is 1. The second-order valence-electron chi connectivity index (χ2n) is 9.12. The van der Waals surface area contributed by atoms with E-state index in [1.54, 1.807) is 37.9 Å². The molecule has 33 heavy (non-hydrogen) atoms. The van der Waals surface area contributed by atoms with Crippen LogP contribution in [0.5, 0.6) is 0 Å². The summed E-state index contributed by atoms with van der Waals surface area (Å²) in [6.45, 7) is 0. The molecule has 1 unspecified atom stereocenters. The van der Waals surface area contributed by atoms with Gasteiger partial charge in [0.15, 0.2) is 5.78 Å². The summed E-state index contributed by atoms with van der Waals surface area (Å²) in [5, 5.41) is 22.2. The molecule has 2 aromatic rings. The van der Waals surface area contributed by atoms with Gasteiger partial charge in [0.25, 0.3) is 0 Å². The molecule has 0 radical (unpaired) electrons. The highest BCUT2D eigenvalue weighted by Crippen LogP contribution is 2.44. The van der Waals surface area contributed by atoms with Crippen molar-refractivity contribution in [1.82, 2.24) is 14.9 Å². The summed E-state index contributed by atoms with van der Waals surface area (Å²) in [6, 6.07) is 4.44. The van der Waals surface area contributed by atoms with Crippen LogP contribution < -0.4 is 5.32 Å². The lowest BCUT2D eigenvalue weighted by molar-refractivity contribution is -0.141. The van der Waals surface area contributed by atoms with Gasteiger partial charge in [0.1, 0.15) is 11.4 Å². The lowest BCUT2D eigenvalue weighted by atomic mass is 9.72. The molecule has 3 N–H and O–H groups in total. The summed E-state index contributed by atoms with van der Waals surface area (Å²) < 4.78 is 16.5.